The van der Waals surface area contributed by atoms with Gasteiger partial charge in [0.1, 0.15) is 0 Å². The van der Waals surface area contributed by atoms with Crippen LogP contribution in [0.1, 0.15) is 80.1 Å². The summed E-state index contributed by atoms with van der Waals surface area (Å²) < 4.78 is 13.5. The van der Waals surface area contributed by atoms with E-state index in [4.69, 9.17) is 9.47 Å². The lowest BCUT2D eigenvalue weighted by atomic mass is 9.53. The number of ether oxygens (including phenoxy) is 2. The van der Waals surface area contributed by atoms with Gasteiger partial charge in [0.05, 0.1) is 18.8 Å². The van der Waals surface area contributed by atoms with Gasteiger partial charge in [-0.15, -0.1) is 11.8 Å². The number of thioether (sulfide) groups is 1. The molecule has 2 amide bonds. The van der Waals surface area contributed by atoms with Gasteiger partial charge in [-0.3, -0.25) is 0 Å². The predicted octanol–water partition coefficient (Wildman–Crippen LogP) is 9.20. The Labute approximate surface area is 300 Å². The summed E-state index contributed by atoms with van der Waals surface area (Å²) in [6, 6.07) is 35.4. The summed E-state index contributed by atoms with van der Waals surface area (Å²) in [5, 5.41) is 16.2. The van der Waals surface area contributed by atoms with Crippen LogP contribution in [-0.4, -0.2) is 28.5 Å². The van der Waals surface area contributed by atoms with Crippen molar-refractivity contribution in [3.8, 4) is 11.1 Å². The fourth-order valence-corrected chi connectivity index (χ4v) is 10.6. The number of benzene rings is 4. The van der Waals surface area contributed by atoms with Crippen LogP contribution >= 0.6 is 11.8 Å². The maximum Gasteiger partial charge on any atom is 0.315 e. The van der Waals surface area contributed by atoms with Gasteiger partial charge in [-0.25, -0.2) is 4.79 Å². The molecule has 5 fully saturated rings. The van der Waals surface area contributed by atoms with Crippen LogP contribution < -0.4 is 10.6 Å². The highest BCUT2D eigenvalue weighted by molar-refractivity contribution is 7.99. The molecule has 4 aromatic carbocycles. The Bertz CT molecular complexity index is 1740. The minimum Gasteiger partial charge on any atom is -0.392 e. The highest BCUT2D eigenvalue weighted by Crippen LogP contribution is 2.55. The molecule has 9 rings (SSSR count). The maximum atomic E-state index is 13.2. The second kappa shape index (κ2) is 14.5. The first-order valence-corrected chi connectivity index (χ1v) is 19.3. The van der Waals surface area contributed by atoms with E-state index in [1.165, 1.54) is 24.2 Å². The van der Waals surface area contributed by atoms with Gasteiger partial charge in [0.2, 0.25) is 0 Å². The van der Waals surface area contributed by atoms with Crippen molar-refractivity contribution in [3.05, 3.63) is 125 Å². The number of hydrogen-bond donors (Lipinski definition) is 3. The van der Waals surface area contributed by atoms with E-state index in [0.717, 1.165) is 76.1 Å². The van der Waals surface area contributed by atoms with E-state index in [0.29, 0.717) is 6.54 Å². The number of amides is 2. The van der Waals surface area contributed by atoms with E-state index >= 15 is 0 Å². The van der Waals surface area contributed by atoms with Crippen LogP contribution in [0.2, 0.25) is 0 Å². The molecule has 1 aliphatic heterocycles. The first-order valence-electron chi connectivity index (χ1n) is 18.4. The number of aliphatic hydroxyl groups excluding tert-OH is 1. The van der Waals surface area contributed by atoms with Crippen molar-refractivity contribution in [3.63, 3.8) is 0 Å². The predicted molar refractivity (Wildman–Crippen MR) is 198 cm³/mol. The molecular formula is C43H48N2O4S. The van der Waals surface area contributed by atoms with E-state index in [9.17, 15) is 9.90 Å². The Morgan fingerprint density at radius 2 is 1.46 bits per heavy atom. The van der Waals surface area contributed by atoms with Crippen LogP contribution in [0, 0.1) is 23.7 Å². The largest absolute Gasteiger partial charge is 0.392 e. The topological polar surface area (TPSA) is 79.8 Å². The van der Waals surface area contributed by atoms with Crippen LogP contribution in [0.3, 0.4) is 0 Å². The molecular weight excluding hydrogens is 641 g/mol. The van der Waals surface area contributed by atoms with Crippen molar-refractivity contribution in [2.45, 2.75) is 87.5 Å². The molecule has 0 unspecified atom stereocenters. The molecule has 260 valence electrons. The molecule has 1 heterocycles. The van der Waals surface area contributed by atoms with Crippen molar-refractivity contribution in [2.24, 2.45) is 23.7 Å². The number of rotatable bonds is 10. The minimum absolute atomic E-state index is 0.00328. The number of aliphatic hydroxyl groups is 1. The number of urea groups is 1. The Balaban J connectivity index is 0.966. The molecule has 6 nitrogen and oxygen atoms in total. The number of carbonyl (C=O) groups is 1. The summed E-state index contributed by atoms with van der Waals surface area (Å²) in [6.07, 6.45) is 6.80. The van der Waals surface area contributed by atoms with Crippen molar-refractivity contribution in [1.29, 1.82) is 0 Å². The maximum absolute atomic E-state index is 13.2. The minimum atomic E-state index is -0.534. The summed E-state index contributed by atoms with van der Waals surface area (Å²) in [5.74, 6) is 3.32. The van der Waals surface area contributed by atoms with Gasteiger partial charge in [0, 0.05) is 34.2 Å². The summed E-state index contributed by atoms with van der Waals surface area (Å²) >= 11 is 1.81. The first kappa shape index (κ1) is 33.5. The van der Waals surface area contributed by atoms with Crippen LogP contribution in [-0.2, 0) is 22.6 Å². The monoisotopic (exact) mass is 688 g/mol. The van der Waals surface area contributed by atoms with Gasteiger partial charge < -0.3 is 25.2 Å². The molecule has 4 aromatic rings. The summed E-state index contributed by atoms with van der Waals surface area (Å²) in [6.45, 7) is 2.70. The third-order valence-corrected chi connectivity index (χ3v) is 12.7. The fraction of sp³-hybridized carbons (Fsp3) is 0.419. The molecule has 0 spiro atoms. The number of carbonyl (C=O) groups excluding carboxylic acids is 1. The van der Waals surface area contributed by atoms with Gasteiger partial charge in [-0.05, 0) is 108 Å². The van der Waals surface area contributed by atoms with Crippen LogP contribution in [0.15, 0.2) is 108 Å². The molecule has 4 saturated carbocycles. The molecule has 0 radical (unpaired) electrons. The Morgan fingerprint density at radius 3 is 2.16 bits per heavy atom. The first-order chi connectivity index (χ1) is 24.4. The Morgan fingerprint density at radius 1 is 0.780 bits per heavy atom. The smallest absolute Gasteiger partial charge is 0.315 e. The average Bonchev–Trinajstić information content (AvgIpc) is 3.13. The van der Waals surface area contributed by atoms with E-state index in [2.05, 4.69) is 102 Å². The quantitative estimate of drug-likeness (QED) is 0.145. The van der Waals surface area contributed by atoms with Crippen LogP contribution in [0.4, 0.5) is 4.79 Å². The van der Waals surface area contributed by atoms with Crippen molar-refractivity contribution >= 4 is 17.8 Å². The van der Waals surface area contributed by atoms with Crippen LogP contribution in [0.25, 0.3) is 11.1 Å². The lowest BCUT2D eigenvalue weighted by molar-refractivity contribution is -0.268. The zero-order valence-corrected chi connectivity index (χ0v) is 29.6. The average molecular weight is 689 g/mol. The molecule has 7 heteroatoms. The van der Waals surface area contributed by atoms with Crippen molar-refractivity contribution in [2.75, 3.05) is 5.75 Å². The van der Waals surface area contributed by atoms with E-state index in [-0.39, 0.29) is 36.3 Å². The molecule has 5 aliphatic rings. The van der Waals surface area contributed by atoms with Crippen molar-refractivity contribution < 1.29 is 19.4 Å². The molecule has 0 aromatic heterocycles. The van der Waals surface area contributed by atoms with E-state index in [1.807, 2.05) is 18.2 Å². The molecule has 4 atom stereocenters. The third kappa shape index (κ3) is 7.38. The second-order valence-corrected chi connectivity index (χ2v) is 16.4. The molecule has 4 bridgehead atoms. The summed E-state index contributed by atoms with van der Waals surface area (Å²) in [7, 11) is 0. The zero-order valence-electron chi connectivity index (χ0n) is 28.8. The third-order valence-electron chi connectivity index (χ3n) is 11.6. The van der Waals surface area contributed by atoms with Crippen molar-refractivity contribution in [1.82, 2.24) is 10.6 Å². The SMILES string of the molecule is C[C@@H]1[C@H](CSc2ccccc2)O[C@H](c2cccc(-c3cccc(CNC(=O)NC45CC6CC(CC(C6)C4)C5)c3)c2)O[C@@H]1c1ccc(CO)cc1. The standard InChI is InChI=1S/C43H48N2O4S/c1-28-39(27-50-38-11-3-2-4-12-38)48-41(49-40(28)34-15-13-29(26-46)14-16-34)37-10-6-9-36(21-37)35-8-5-7-30(20-35)25-44-42(47)45-43-22-31-17-32(23-43)19-33(18-31)24-43/h2-16,20-21,28,31-33,39-41,46H,17-19,22-27H2,1H3,(H2,44,45,47)/t28-,31?,32?,33?,39+,40+,41+,43?/m1/s1. The molecule has 50 heavy (non-hydrogen) atoms. The van der Waals surface area contributed by atoms with Gasteiger partial charge in [0.25, 0.3) is 0 Å². The molecule has 1 saturated heterocycles. The summed E-state index contributed by atoms with van der Waals surface area (Å²) in [4.78, 5) is 14.4. The summed E-state index contributed by atoms with van der Waals surface area (Å²) in [5.41, 5.74) is 6.17. The highest BCUT2D eigenvalue weighted by atomic mass is 32.2. The van der Waals surface area contributed by atoms with E-state index in [1.54, 1.807) is 11.8 Å². The Kier molecular flexibility index (Phi) is 9.75. The molecule has 3 N–H and O–H groups in total. The second-order valence-electron chi connectivity index (χ2n) is 15.3. The lowest BCUT2D eigenvalue weighted by Crippen LogP contribution is -2.61. The fourth-order valence-electron chi connectivity index (χ4n) is 9.46. The highest BCUT2D eigenvalue weighted by Gasteiger charge is 2.51. The van der Waals surface area contributed by atoms with Gasteiger partial charge in [-0.2, -0.15) is 0 Å². The van der Waals surface area contributed by atoms with Gasteiger partial charge >= 0.3 is 6.03 Å². The van der Waals surface area contributed by atoms with Crippen LogP contribution in [0.5, 0.6) is 0 Å². The normalized spacial score (nSPS) is 29.8. The molecule has 4 aliphatic carbocycles. The van der Waals surface area contributed by atoms with E-state index < -0.39 is 6.29 Å². The van der Waals surface area contributed by atoms with Gasteiger partial charge in [0.15, 0.2) is 6.29 Å². The Hall–Kier alpha value is -3.62. The zero-order chi connectivity index (χ0) is 34.1. The number of hydrogen-bond acceptors (Lipinski definition) is 5. The van der Waals surface area contributed by atoms with Gasteiger partial charge in [-0.1, -0.05) is 85.8 Å². The lowest BCUT2D eigenvalue weighted by Gasteiger charge is -2.56. The number of nitrogens with one attached hydrogen (secondary N) is 2.